The number of furan rings is 1. The molecule has 1 N–H and O–H groups in total. The Hall–Kier alpha value is -3.65. The Morgan fingerprint density at radius 1 is 1.17 bits per heavy atom. The van der Waals surface area contributed by atoms with Gasteiger partial charge in [-0.3, -0.25) is 4.79 Å². The predicted octanol–water partition coefficient (Wildman–Crippen LogP) is 4.54. The summed E-state index contributed by atoms with van der Waals surface area (Å²) in [5.74, 6) is -0.807. The number of rotatable bonds is 5. The number of nitrogens with one attached hydrogen (secondary N) is 1. The molecule has 146 valence electrons. The third-order valence-electron chi connectivity index (χ3n) is 4.17. The van der Waals surface area contributed by atoms with Gasteiger partial charge < -0.3 is 18.9 Å². The second kappa shape index (κ2) is 7.76. The van der Waals surface area contributed by atoms with E-state index in [4.69, 9.17) is 13.6 Å². The maximum absolute atomic E-state index is 12.8. The molecular weight excluding hydrogens is 394 g/mol. The molecule has 0 radical (unpaired) electrons. The van der Waals surface area contributed by atoms with Crippen LogP contribution in [0.4, 0.5) is 5.00 Å². The molecule has 3 aromatic heterocycles. The van der Waals surface area contributed by atoms with E-state index in [1.807, 2.05) is 0 Å². The Bertz CT molecular complexity index is 1250. The number of benzene rings is 1. The van der Waals surface area contributed by atoms with Crippen LogP contribution in [0, 0.1) is 0 Å². The molecule has 0 spiro atoms. The first-order valence-electron chi connectivity index (χ1n) is 8.75. The molecule has 4 rings (SSSR count). The topological polar surface area (TPSA) is 98.8 Å². The summed E-state index contributed by atoms with van der Waals surface area (Å²) in [6.07, 6.45) is 1.49. The number of para-hydroxylation sites is 1. The van der Waals surface area contributed by atoms with Gasteiger partial charge in [-0.15, -0.1) is 11.3 Å². The summed E-state index contributed by atoms with van der Waals surface area (Å²) < 4.78 is 15.7. The van der Waals surface area contributed by atoms with Crippen LogP contribution >= 0.6 is 11.3 Å². The molecule has 7 nitrogen and oxygen atoms in total. The van der Waals surface area contributed by atoms with E-state index in [0.29, 0.717) is 22.3 Å². The number of amides is 1. The van der Waals surface area contributed by atoms with E-state index >= 15 is 0 Å². The molecule has 8 heteroatoms. The maximum atomic E-state index is 12.8. The van der Waals surface area contributed by atoms with Crippen molar-refractivity contribution in [2.24, 2.45) is 0 Å². The van der Waals surface area contributed by atoms with Crippen LogP contribution in [0.15, 0.2) is 67.7 Å². The molecule has 0 saturated carbocycles. The quantitative estimate of drug-likeness (QED) is 0.384. The Balaban J connectivity index is 1.72. The Morgan fingerprint density at radius 2 is 2.00 bits per heavy atom. The lowest BCUT2D eigenvalue weighted by molar-refractivity contribution is 0.0529. The first kappa shape index (κ1) is 18.7. The molecule has 1 amide bonds. The van der Waals surface area contributed by atoms with E-state index in [1.165, 1.54) is 12.3 Å². The van der Waals surface area contributed by atoms with E-state index < -0.39 is 17.5 Å². The zero-order chi connectivity index (χ0) is 20.4. The summed E-state index contributed by atoms with van der Waals surface area (Å²) in [5, 5.41) is 5.19. The first-order chi connectivity index (χ1) is 14.1. The number of fused-ring (bicyclic) bond motifs is 1. The zero-order valence-corrected chi connectivity index (χ0v) is 16.1. The predicted molar refractivity (Wildman–Crippen MR) is 108 cm³/mol. The van der Waals surface area contributed by atoms with Crippen LogP contribution in [-0.2, 0) is 4.74 Å². The van der Waals surface area contributed by atoms with Gasteiger partial charge in [0, 0.05) is 16.3 Å². The highest BCUT2D eigenvalue weighted by molar-refractivity contribution is 7.15. The van der Waals surface area contributed by atoms with Gasteiger partial charge in [0.25, 0.3) is 5.91 Å². The third-order valence-corrected chi connectivity index (χ3v) is 5.07. The molecule has 0 unspecified atom stereocenters. The van der Waals surface area contributed by atoms with E-state index in [0.717, 1.165) is 11.3 Å². The molecule has 29 heavy (non-hydrogen) atoms. The number of hydrogen-bond acceptors (Lipinski definition) is 7. The maximum Gasteiger partial charge on any atom is 0.349 e. The van der Waals surface area contributed by atoms with Gasteiger partial charge in [-0.05, 0) is 31.2 Å². The fourth-order valence-corrected chi connectivity index (χ4v) is 3.79. The van der Waals surface area contributed by atoms with E-state index in [9.17, 15) is 14.4 Å². The molecule has 0 atom stereocenters. The van der Waals surface area contributed by atoms with Crippen molar-refractivity contribution in [3.63, 3.8) is 0 Å². The fraction of sp³-hybridized carbons (Fsp3) is 0.0952. The van der Waals surface area contributed by atoms with Crippen LogP contribution in [0.25, 0.3) is 22.3 Å². The summed E-state index contributed by atoms with van der Waals surface area (Å²) in [5.41, 5.74) is 0.135. The highest BCUT2D eigenvalue weighted by atomic mass is 32.1. The van der Waals surface area contributed by atoms with E-state index in [-0.39, 0.29) is 22.7 Å². The Labute approximate surface area is 168 Å². The minimum absolute atomic E-state index is 0.161. The van der Waals surface area contributed by atoms with Crippen molar-refractivity contribution in [2.45, 2.75) is 6.92 Å². The second-order valence-corrected chi connectivity index (χ2v) is 6.87. The minimum Gasteiger partial charge on any atom is -0.464 e. The Kier molecular flexibility index (Phi) is 5.01. The van der Waals surface area contributed by atoms with Gasteiger partial charge in [-0.1, -0.05) is 18.2 Å². The highest BCUT2D eigenvalue weighted by Gasteiger charge is 2.25. The van der Waals surface area contributed by atoms with E-state index in [2.05, 4.69) is 5.32 Å². The molecule has 0 aliphatic carbocycles. The smallest absolute Gasteiger partial charge is 0.349 e. The van der Waals surface area contributed by atoms with Gasteiger partial charge in [0.05, 0.1) is 12.9 Å². The van der Waals surface area contributed by atoms with Gasteiger partial charge in [-0.25, -0.2) is 9.59 Å². The summed E-state index contributed by atoms with van der Waals surface area (Å²) >= 11 is 1.14. The number of esters is 1. The van der Waals surface area contributed by atoms with Crippen molar-refractivity contribution in [1.82, 2.24) is 0 Å². The van der Waals surface area contributed by atoms with Crippen molar-refractivity contribution in [3.8, 4) is 11.3 Å². The lowest BCUT2D eigenvalue weighted by Gasteiger charge is -2.08. The number of carbonyl (C=O) groups excluding carboxylic acids is 2. The molecule has 1 aromatic carbocycles. The van der Waals surface area contributed by atoms with Crippen molar-refractivity contribution in [2.75, 3.05) is 11.9 Å². The summed E-state index contributed by atoms with van der Waals surface area (Å²) in [6.45, 7) is 1.86. The van der Waals surface area contributed by atoms with Crippen molar-refractivity contribution >= 4 is 39.2 Å². The van der Waals surface area contributed by atoms with E-state index in [1.54, 1.807) is 48.7 Å². The van der Waals surface area contributed by atoms with Crippen molar-refractivity contribution in [1.29, 1.82) is 0 Å². The normalized spacial score (nSPS) is 10.8. The van der Waals surface area contributed by atoms with Crippen LogP contribution < -0.4 is 10.9 Å². The highest BCUT2D eigenvalue weighted by Crippen LogP contribution is 2.36. The molecule has 0 aliphatic rings. The number of thiophene rings is 1. The number of carbonyl (C=O) groups is 2. The molecule has 0 aliphatic heterocycles. The molecule has 0 bridgehead atoms. The fourth-order valence-electron chi connectivity index (χ4n) is 2.86. The van der Waals surface area contributed by atoms with Crippen molar-refractivity contribution < 1.29 is 23.2 Å². The first-order valence-corrected chi connectivity index (χ1v) is 9.63. The van der Waals surface area contributed by atoms with Gasteiger partial charge in [0.15, 0.2) is 0 Å². The van der Waals surface area contributed by atoms with Crippen LogP contribution in [0.5, 0.6) is 0 Å². The third kappa shape index (κ3) is 3.57. The summed E-state index contributed by atoms with van der Waals surface area (Å²) in [6, 6.07) is 11.7. The van der Waals surface area contributed by atoms with Crippen LogP contribution in [0.3, 0.4) is 0 Å². The molecule has 4 aromatic rings. The lowest BCUT2D eigenvalue weighted by atomic mass is 10.1. The zero-order valence-electron chi connectivity index (χ0n) is 15.3. The molecule has 3 heterocycles. The SMILES string of the molecule is CCOC(=O)c1c(-c2ccco2)csc1NC(=O)c1cc2ccccc2oc1=O. The average Bonchev–Trinajstić information content (AvgIpc) is 3.37. The number of hydrogen-bond donors (Lipinski definition) is 1. The second-order valence-electron chi connectivity index (χ2n) is 5.99. The number of anilines is 1. The number of ether oxygens (including phenoxy) is 1. The largest absolute Gasteiger partial charge is 0.464 e. The lowest BCUT2D eigenvalue weighted by Crippen LogP contribution is -2.21. The van der Waals surface area contributed by atoms with Crippen LogP contribution in [-0.4, -0.2) is 18.5 Å². The van der Waals surface area contributed by atoms with Crippen LogP contribution in [0.2, 0.25) is 0 Å². The van der Waals surface area contributed by atoms with Crippen LogP contribution in [0.1, 0.15) is 27.6 Å². The van der Waals surface area contributed by atoms with Gasteiger partial charge in [-0.2, -0.15) is 0 Å². The minimum atomic E-state index is -0.762. The summed E-state index contributed by atoms with van der Waals surface area (Å²) in [4.78, 5) is 37.5. The molecule has 0 fully saturated rings. The summed E-state index contributed by atoms with van der Waals surface area (Å²) in [7, 11) is 0. The van der Waals surface area contributed by atoms with Gasteiger partial charge in [0.2, 0.25) is 0 Å². The monoisotopic (exact) mass is 409 g/mol. The molecular formula is C21H15NO6S. The average molecular weight is 409 g/mol. The van der Waals surface area contributed by atoms with Gasteiger partial charge in [0.1, 0.15) is 27.5 Å². The Morgan fingerprint density at radius 3 is 2.76 bits per heavy atom. The molecule has 0 saturated heterocycles. The van der Waals surface area contributed by atoms with Gasteiger partial charge >= 0.3 is 11.6 Å². The standard InChI is InChI=1S/C21H15NO6S/c1-2-26-21(25)17-14(16-8-5-9-27-16)11-29-19(17)22-18(23)13-10-12-6-3-4-7-15(12)28-20(13)24/h3-11H,2H2,1H3,(H,22,23). The van der Waals surface area contributed by atoms with Crippen molar-refractivity contribution in [3.05, 3.63) is 75.7 Å².